The molecule has 372 valence electrons. The second-order valence-corrected chi connectivity index (χ2v) is 18.5. The Hall–Kier alpha value is -2.63. The molecule has 0 amide bonds. The number of carbonyl (C=O) groups excluding carboxylic acids is 3. The number of unbranched alkanes of at least 4 members (excludes halogenated alkanes) is 31. The van der Waals surface area contributed by atoms with Gasteiger partial charge in [0.05, 0.1) is 0 Å². The third-order valence-electron chi connectivity index (χ3n) is 12.1. The predicted molar refractivity (Wildman–Crippen MR) is 275 cm³/mol. The van der Waals surface area contributed by atoms with Gasteiger partial charge >= 0.3 is 17.9 Å². The molecule has 0 aliphatic rings. The van der Waals surface area contributed by atoms with Gasteiger partial charge in [0.25, 0.3) is 0 Å². The number of rotatable bonds is 50. The third-order valence-corrected chi connectivity index (χ3v) is 12.1. The fourth-order valence-corrected chi connectivity index (χ4v) is 7.96. The van der Waals surface area contributed by atoms with Gasteiger partial charge in [0.15, 0.2) is 6.10 Å². The van der Waals surface area contributed by atoms with Crippen LogP contribution >= 0.6 is 0 Å². The molecule has 0 saturated heterocycles. The van der Waals surface area contributed by atoms with Crippen LogP contribution in [-0.4, -0.2) is 37.2 Å². The molecule has 1 atom stereocenters. The summed E-state index contributed by atoms with van der Waals surface area (Å²) in [6, 6.07) is 0. The van der Waals surface area contributed by atoms with Crippen molar-refractivity contribution >= 4 is 17.9 Å². The van der Waals surface area contributed by atoms with Crippen LogP contribution in [0.5, 0.6) is 0 Å². The molecule has 0 heterocycles. The van der Waals surface area contributed by atoms with Crippen LogP contribution < -0.4 is 0 Å². The molecule has 0 radical (unpaired) electrons. The van der Waals surface area contributed by atoms with Crippen molar-refractivity contribution in [1.82, 2.24) is 0 Å². The fourth-order valence-electron chi connectivity index (χ4n) is 7.96. The Labute approximate surface area is 397 Å². The van der Waals surface area contributed by atoms with E-state index in [-0.39, 0.29) is 31.1 Å². The monoisotopic (exact) mass is 897 g/mol. The van der Waals surface area contributed by atoms with Gasteiger partial charge in [-0.1, -0.05) is 256 Å². The summed E-state index contributed by atoms with van der Waals surface area (Å²) in [5, 5.41) is 0. The van der Waals surface area contributed by atoms with Gasteiger partial charge in [-0.2, -0.15) is 0 Å². The highest BCUT2D eigenvalue weighted by Gasteiger charge is 2.19. The fraction of sp³-hybridized carbons (Fsp3) is 0.810. The second-order valence-electron chi connectivity index (χ2n) is 18.5. The Bertz CT molecular complexity index is 1120. The van der Waals surface area contributed by atoms with E-state index in [0.717, 1.165) is 96.3 Å². The van der Waals surface area contributed by atoms with Crippen molar-refractivity contribution in [2.45, 2.75) is 290 Å². The summed E-state index contributed by atoms with van der Waals surface area (Å²) in [7, 11) is 0. The van der Waals surface area contributed by atoms with Crippen molar-refractivity contribution < 1.29 is 28.6 Å². The highest BCUT2D eigenvalue weighted by Crippen LogP contribution is 2.16. The molecular weight excluding hydrogens is 793 g/mol. The van der Waals surface area contributed by atoms with E-state index >= 15 is 0 Å². The van der Waals surface area contributed by atoms with Crippen LogP contribution in [0.15, 0.2) is 48.6 Å². The molecule has 0 aromatic heterocycles. The van der Waals surface area contributed by atoms with Crippen LogP contribution in [0.1, 0.15) is 284 Å². The van der Waals surface area contributed by atoms with Gasteiger partial charge < -0.3 is 14.2 Å². The van der Waals surface area contributed by atoms with Crippen LogP contribution in [0.2, 0.25) is 0 Å². The van der Waals surface area contributed by atoms with Crippen molar-refractivity contribution in [2.24, 2.45) is 0 Å². The van der Waals surface area contributed by atoms with Crippen molar-refractivity contribution in [3.63, 3.8) is 0 Å². The van der Waals surface area contributed by atoms with Gasteiger partial charge in [0.1, 0.15) is 13.2 Å². The van der Waals surface area contributed by atoms with Crippen molar-refractivity contribution in [1.29, 1.82) is 0 Å². The average molecular weight is 897 g/mol. The van der Waals surface area contributed by atoms with Crippen LogP contribution in [0, 0.1) is 0 Å². The van der Waals surface area contributed by atoms with E-state index in [1.165, 1.54) is 148 Å². The van der Waals surface area contributed by atoms with Gasteiger partial charge in [0.2, 0.25) is 0 Å². The maximum Gasteiger partial charge on any atom is 0.306 e. The van der Waals surface area contributed by atoms with Gasteiger partial charge in [-0.25, -0.2) is 0 Å². The maximum absolute atomic E-state index is 12.8. The first-order valence-corrected chi connectivity index (χ1v) is 27.6. The van der Waals surface area contributed by atoms with Crippen LogP contribution in [0.4, 0.5) is 0 Å². The topological polar surface area (TPSA) is 78.9 Å². The smallest absolute Gasteiger partial charge is 0.306 e. The summed E-state index contributed by atoms with van der Waals surface area (Å²) in [6.45, 7) is 6.53. The number of carbonyl (C=O) groups is 3. The van der Waals surface area contributed by atoms with Gasteiger partial charge in [-0.05, 0) is 57.8 Å². The standard InChI is InChI=1S/C58H104O6/c1-4-7-10-13-16-19-22-25-27-29-31-33-36-39-42-45-48-51-57(60)63-54-55(53-62-56(59)50-47-44-41-38-35-24-21-18-15-12-9-6-3)64-58(61)52-49-46-43-40-37-34-32-30-28-26-23-20-17-14-11-8-5-2/h7,10,16,19,25,27,31,33,55H,4-6,8-9,11-15,17-18,20-24,26,28-30,32,34-54H2,1-3H3/b10-7-,19-16-,27-25-,33-31-/t55-/m0/s1. The first kappa shape index (κ1) is 61.4. The summed E-state index contributed by atoms with van der Waals surface area (Å²) in [6.07, 6.45) is 63.8. The normalized spacial score (nSPS) is 12.4. The minimum absolute atomic E-state index is 0.0769. The summed E-state index contributed by atoms with van der Waals surface area (Å²) < 4.78 is 16.8. The van der Waals surface area contributed by atoms with E-state index in [0.29, 0.717) is 19.3 Å². The van der Waals surface area contributed by atoms with E-state index in [2.05, 4.69) is 69.4 Å². The van der Waals surface area contributed by atoms with Crippen LogP contribution in [-0.2, 0) is 28.6 Å². The molecule has 0 aliphatic carbocycles. The van der Waals surface area contributed by atoms with Gasteiger partial charge in [0, 0.05) is 19.3 Å². The first-order valence-electron chi connectivity index (χ1n) is 27.6. The highest BCUT2D eigenvalue weighted by atomic mass is 16.6. The molecule has 0 saturated carbocycles. The molecule has 0 fully saturated rings. The van der Waals surface area contributed by atoms with E-state index in [4.69, 9.17) is 14.2 Å². The molecule has 6 nitrogen and oxygen atoms in total. The molecule has 64 heavy (non-hydrogen) atoms. The number of hydrogen-bond donors (Lipinski definition) is 0. The lowest BCUT2D eigenvalue weighted by Gasteiger charge is -2.18. The predicted octanol–water partition coefficient (Wildman–Crippen LogP) is 18.3. The maximum atomic E-state index is 12.8. The highest BCUT2D eigenvalue weighted by molar-refractivity contribution is 5.71. The average Bonchev–Trinajstić information content (AvgIpc) is 3.29. The Morgan fingerprint density at radius 2 is 0.609 bits per heavy atom. The first-order chi connectivity index (χ1) is 31.5. The van der Waals surface area contributed by atoms with Crippen molar-refractivity contribution in [2.75, 3.05) is 13.2 Å². The van der Waals surface area contributed by atoms with E-state index in [1.807, 2.05) is 0 Å². The number of esters is 3. The zero-order chi connectivity index (χ0) is 46.5. The Kier molecular flexibility index (Phi) is 50.8. The van der Waals surface area contributed by atoms with E-state index < -0.39 is 6.10 Å². The zero-order valence-corrected chi connectivity index (χ0v) is 42.6. The van der Waals surface area contributed by atoms with Crippen LogP contribution in [0.25, 0.3) is 0 Å². The quantitative estimate of drug-likeness (QED) is 0.0262. The zero-order valence-electron chi connectivity index (χ0n) is 42.6. The minimum atomic E-state index is -0.778. The summed E-state index contributed by atoms with van der Waals surface area (Å²) in [5.41, 5.74) is 0. The lowest BCUT2D eigenvalue weighted by molar-refractivity contribution is -0.167. The second kappa shape index (κ2) is 53.0. The molecule has 0 aromatic rings. The van der Waals surface area contributed by atoms with E-state index in [1.54, 1.807) is 0 Å². The Morgan fingerprint density at radius 1 is 0.328 bits per heavy atom. The lowest BCUT2D eigenvalue weighted by atomic mass is 10.0. The number of hydrogen-bond acceptors (Lipinski definition) is 6. The minimum Gasteiger partial charge on any atom is -0.462 e. The summed E-state index contributed by atoms with van der Waals surface area (Å²) >= 11 is 0. The number of ether oxygens (including phenoxy) is 3. The van der Waals surface area contributed by atoms with E-state index in [9.17, 15) is 14.4 Å². The number of allylic oxidation sites excluding steroid dienone is 8. The molecule has 0 spiro atoms. The molecule has 0 aromatic carbocycles. The molecule has 6 heteroatoms. The third kappa shape index (κ3) is 50.4. The molecule has 0 aliphatic heterocycles. The Morgan fingerprint density at radius 3 is 0.953 bits per heavy atom. The molecular formula is C58H104O6. The van der Waals surface area contributed by atoms with Gasteiger partial charge in [-0.15, -0.1) is 0 Å². The van der Waals surface area contributed by atoms with Crippen molar-refractivity contribution in [3.05, 3.63) is 48.6 Å². The largest absolute Gasteiger partial charge is 0.462 e. The Balaban J connectivity index is 4.37. The molecule has 0 unspecified atom stereocenters. The summed E-state index contributed by atoms with van der Waals surface area (Å²) in [5.74, 6) is -0.888. The summed E-state index contributed by atoms with van der Waals surface area (Å²) in [4.78, 5) is 38.1. The molecule has 0 N–H and O–H groups in total. The molecule has 0 rings (SSSR count). The lowest BCUT2D eigenvalue weighted by Crippen LogP contribution is -2.30. The molecule has 0 bridgehead atoms. The van der Waals surface area contributed by atoms with Crippen molar-refractivity contribution in [3.8, 4) is 0 Å². The van der Waals surface area contributed by atoms with Gasteiger partial charge in [-0.3, -0.25) is 14.4 Å². The SMILES string of the molecule is CC/C=C\C/C=C\C/C=C\C/C=C\CCCCCCC(=O)OC[C@H](COC(=O)CCCCCCCCCCCCCC)OC(=O)CCCCCCCCCCCCCCCCCCC. The van der Waals surface area contributed by atoms with Crippen LogP contribution in [0.3, 0.4) is 0 Å².